The molecule has 3 rings (SSSR count). The second-order valence-electron chi connectivity index (χ2n) is 7.44. The van der Waals surface area contributed by atoms with Crippen LogP contribution in [0, 0.1) is 0 Å². The van der Waals surface area contributed by atoms with Gasteiger partial charge in [0.05, 0.1) is 13.2 Å². The van der Waals surface area contributed by atoms with Crippen LogP contribution >= 0.6 is 0 Å². The smallest absolute Gasteiger partial charge is 0.261 e. The summed E-state index contributed by atoms with van der Waals surface area (Å²) in [6.07, 6.45) is 1.13. The molecule has 0 bridgehead atoms. The highest BCUT2D eigenvalue weighted by molar-refractivity contribution is 5.81. The maximum absolute atomic E-state index is 12.6. The van der Waals surface area contributed by atoms with Gasteiger partial charge in [0, 0.05) is 26.2 Å². The molecule has 1 atom stereocenters. The topological polar surface area (TPSA) is 50.8 Å². The van der Waals surface area contributed by atoms with Gasteiger partial charge in [0.15, 0.2) is 6.10 Å². The molecule has 156 valence electrons. The summed E-state index contributed by atoms with van der Waals surface area (Å²) in [7, 11) is 0. The van der Waals surface area contributed by atoms with Gasteiger partial charge in [-0.15, -0.1) is 0 Å². The minimum atomic E-state index is -0.483. The lowest BCUT2D eigenvalue weighted by atomic mass is 10.1. The fourth-order valence-corrected chi connectivity index (χ4v) is 3.37. The van der Waals surface area contributed by atoms with Crippen LogP contribution in [0.15, 0.2) is 48.5 Å². The molecule has 0 radical (unpaired) electrons. The second kappa shape index (κ2) is 11.0. The molecule has 1 aliphatic rings. The van der Waals surface area contributed by atoms with Gasteiger partial charge in [0.25, 0.3) is 5.91 Å². The van der Waals surface area contributed by atoms with Crippen molar-refractivity contribution in [2.24, 2.45) is 0 Å². The Morgan fingerprint density at radius 1 is 1.00 bits per heavy atom. The van der Waals surface area contributed by atoms with Gasteiger partial charge in [0.2, 0.25) is 0 Å². The molecule has 1 heterocycles. The molecule has 0 unspecified atom stereocenters. The van der Waals surface area contributed by atoms with E-state index >= 15 is 0 Å². The largest absolute Gasteiger partial charge is 0.481 e. The van der Waals surface area contributed by atoms with Gasteiger partial charge in [-0.2, -0.15) is 0 Å². The first-order chi connectivity index (χ1) is 14.2. The van der Waals surface area contributed by atoms with Gasteiger partial charge in [-0.1, -0.05) is 50.2 Å². The van der Waals surface area contributed by atoms with Crippen molar-refractivity contribution >= 4 is 5.91 Å². The molecule has 5 heteroatoms. The first kappa shape index (κ1) is 21.3. The Kier molecular flexibility index (Phi) is 8.08. The van der Waals surface area contributed by atoms with E-state index in [0.29, 0.717) is 13.0 Å². The van der Waals surface area contributed by atoms with Crippen LogP contribution in [0.5, 0.6) is 5.75 Å². The van der Waals surface area contributed by atoms with Crippen molar-refractivity contribution in [2.45, 2.75) is 45.9 Å². The number of rotatable bonds is 9. The minimum Gasteiger partial charge on any atom is -0.481 e. The summed E-state index contributed by atoms with van der Waals surface area (Å²) in [5.74, 6) is 0.654. The van der Waals surface area contributed by atoms with E-state index in [4.69, 9.17) is 9.47 Å². The number of ether oxygens (including phenoxy) is 2. The third-order valence-corrected chi connectivity index (χ3v) is 5.27. The number of carbonyl (C=O) groups excluding carboxylic acids is 1. The van der Waals surface area contributed by atoms with Gasteiger partial charge in [-0.3, -0.25) is 9.69 Å². The van der Waals surface area contributed by atoms with Crippen molar-refractivity contribution in [2.75, 3.05) is 26.3 Å². The summed E-state index contributed by atoms with van der Waals surface area (Å²) in [6.45, 7) is 9.12. The van der Waals surface area contributed by atoms with Crippen molar-refractivity contribution in [1.29, 1.82) is 0 Å². The molecule has 0 saturated carbocycles. The maximum Gasteiger partial charge on any atom is 0.261 e. The van der Waals surface area contributed by atoms with E-state index in [1.807, 2.05) is 31.2 Å². The van der Waals surface area contributed by atoms with Crippen molar-refractivity contribution in [3.05, 3.63) is 65.2 Å². The van der Waals surface area contributed by atoms with E-state index in [9.17, 15) is 4.79 Å². The fourth-order valence-electron chi connectivity index (χ4n) is 3.37. The molecule has 0 aromatic heterocycles. The predicted molar refractivity (Wildman–Crippen MR) is 115 cm³/mol. The molecule has 0 spiro atoms. The van der Waals surface area contributed by atoms with Gasteiger partial charge in [-0.25, -0.2) is 0 Å². The normalized spacial score (nSPS) is 15.7. The van der Waals surface area contributed by atoms with Crippen molar-refractivity contribution in [3.8, 4) is 5.75 Å². The van der Waals surface area contributed by atoms with Crippen molar-refractivity contribution in [3.63, 3.8) is 0 Å². The summed E-state index contributed by atoms with van der Waals surface area (Å²) in [5.41, 5.74) is 3.63. The third-order valence-electron chi connectivity index (χ3n) is 5.27. The van der Waals surface area contributed by atoms with Crippen LogP contribution in [0.25, 0.3) is 0 Å². The summed E-state index contributed by atoms with van der Waals surface area (Å²) in [6, 6.07) is 16.4. The summed E-state index contributed by atoms with van der Waals surface area (Å²) >= 11 is 0. The highest BCUT2D eigenvalue weighted by Gasteiger charge is 2.18. The highest BCUT2D eigenvalue weighted by atomic mass is 16.5. The van der Waals surface area contributed by atoms with E-state index in [-0.39, 0.29) is 5.91 Å². The number of hydrogen-bond acceptors (Lipinski definition) is 4. The lowest BCUT2D eigenvalue weighted by molar-refractivity contribution is -0.128. The first-order valence-corrected chi connectivity index (χ1v) is 10.6. The number of benzene rings is 2. The van der Waals surface area contributed by atoms with E-state index in [2.05, 4.69) is 41.4 Å². The van der Waals surface area contributed by atoms with Crippen LogP contribution in [-0.2, 0) is 29.0 Å². The molecule has 5 nitrogen and oxygen atoms in total. The number of hydrogen-bond donors (Lipinski definition) is 1. The predicted octanol–water partition coefficient (Wildman–Crippen LogP) is 3.56. The molecule has 1 aliphatic heterocycles. The van der Waals surface area contributed by atoms with E-state index in [1.165, 1.54) is 11.1 Å². The molecular formula is C24H32N2O3. The molecule has 2 aromatic rings. The zero-order valence-electron chi connectivity index (χ0n) is 17.5. The Labute approximate surface area is 174 Å². The van der Waals surface area contributed by atoms with Crippen molar-refractivity contribution < 1.29 is 14.3 Å². The number of aryl methyl sites for hydroxylation is 1. The van der Waals surface area contributed by atoms with Crippen LogP contribution in [0.2, 0.25) is 0 Å². The number of morpholine rings is 1. The Balaban J connectivity index is 1.47. The first-order valence-electron chi connectivity index (χ1n) is 10.6. The van der Waals surface area contributed by atoms with Crippen molar-refractivity contribution in [1.82, 2.24) is 10.2 Å². The zero-order chi connectivity index (χ0) is 20.5. The lowest BCUT2D eigenvalue weighted by Gasteiger charge is -2.26. The highest BCUT2D eigenvalue weighted by Crippen LogP contribution is 2.16. The Morgan fingerprint density at radius 3 is 2.24 bits per heavy atom. The summed E-state index contributed by atoms with van der Waals surface area (Å²) < 4.78 is 11.3. The Hall–Kier alpha value is -2.37. The number of nitrogens with one attached hydrogen (secondary N) is 1. The zero-order valence-corrected chi connectivity index (χ0v) is 17.5. The Bertz CT molecular complexity index is 753. The molecule has 1 fully saturated rings. The van der Waals surface area contributed by atoms with Crippen LogP contribution in [0.1, 0.15) is 37.0 Å². The summed E-state index contributed by atoms with van der Waals surface area (Å²) in [5, 5.41) is 3.00. The summed E-state index contributed by atoms with van der Waals surface area (Å²) in [4.78, 5) is 14.9. The van der Waals surface area contributed by atoms with Crippen LogP contribution in [0.3, 0.4) is 0 Å². The maximum atomic E-state index is 12.6. The molecule has 1 saturated heterocycles. The average Bonchev–Trinajstić information content (AvgIpc) is 2.78. The average molecular weight is 397 g/mol. The molecule has 1 amide bonds. The molecule has 0 aliphatic carbocycles. The minimum absolute atomic E-state index is 0.0792. The van der Waals surface area contributed by atoms with Crippen LogP contribution in [-0.4, -0.2) is 43.2 Å². The number of amides is 1. The van der Waals surface area contributed by atoms with Crippen LogP contribution < -0.4 is 10.1 Å². The Morgan fingerprint density at radius 2 is 1.62 bits per heavy atom. The van der Waals surface area contributed by atoms with E-state index in [1.54, 1.807) is 0 Å². The molecule has 29 heavy (non-hydrogen) atoms. The van der Waals surface area contributed by atoms with Crippen LogP contribution in [0.4, 0.5) is 0 Å². The monoisotopic (exact) mass is 396 g/mol. The number of nitrogens with zero attached hydrogens (tertiary/aromatic N) is 1. The number of carbonyl (C=O) groups is 1. The quantitative estimate of drug-likeness (QED) is 0.704. The fraction of sp³-hybridized carbons (Fsp3) is 0.458. The third kappa shape index (κ3) is 6.58. The second-order valence-corrected chi connectivity index (χ2v) is 7.44. The van der Waals surface area contributed by atoms with Gasteiger partial charge < -0.3 is 14.8 Å². The van der Waals surface area contributed by atoms with Gasteiger partial charge >= 0.3 is 0 Å². The SMILES string of the molecule is CCc1ccc(O[C@H](CC)C(=O)NCc2ccc(CN3CCOCC3)cc2)cc1. The van der Waals surface area contributed by atoms with E-state index < -0.39 is 6.10 Å². The standard InChI is InChI=1S/C24H32N2O3/c1-3-19-9-11-22(12-10-19)29-23(4-2)24(27)25-17-20-5-7-21(8-6-20)18-26-13-15-28-16-14-26/h5-12,23H,3-4,13-18H2,1-2H3,(H,25,27)/t23-/m1/s1. The van der Waals surface area contributed by atoms with E-state index in [0.717, 1.165) is 50.6 Å². The molecule has 2 aromatic carbocycles. The lowest BCUT2D eigenvalue weighted by Crippen LogP contribution is -2.37. The van der Waals surface area contributed by atoms with Gasteiger partial charge in [-0.05, 0) is 41.7 Å². The molecular weight excluding hydrogens is 364 g/mol. The molecule has 1 N–H and O–H groups in total. The van der Waals surface area contributed by atoms with Gasteiger partial charge in [0.1, 0.15) is 5.75 Å².